The molecule has 22 heavy (non-hydrogen) atoms. The second-order valence-electron chi connectivity index (χ2n) is 5.30. The molecule has 112 valence electrons. The van der Waals surface area contributed by atoms with Gasteiger partial charge in [-0.3, -0.25) is 9.59 Å². The van der Waals surface area contributed by atoms with Crippen LogP contribution in [0.2, 0.25) is 5.02 Å². The monoisotopic (exact) mass is 314 g/mol. The number of halogens is 1. The van der Waals surface area contributed by atoms with Crippen LogP contribution in [0.25, 0.3) is 0 Å². The number of anilines is 2. The molecule has 5 heteroatoms. The lowest BCUT2D eigenvalue weighted by atomic mass is 10.2. The highest BCUT2D eigenvalue weighted by atomic mass is 35.5. The maximum absolute atomic E-state index is 12.1. The summed E-state index contributed by atoms with van der Waals surface area (Å²) in [5, 5.41) is 6.25. The van der Waals surface area contributed by atoms with Crippen molar-refractivity contribution in [2.75, 3.05) is 10.6 Å². The molecule has 0 bridgehead atoms. The summed E-state index contributed by atoms with van der Waals surface area (Å²) in [6, 6.07) is 13.8. The molecule has 2 N–H and O–H groups in total. The van der Waals surface area contributed by atoms with E-state index in [1.807, 2.05) is 0 Å². The Morgan fingerprint density at radius 3 is 2.00 bits per heavy atom. The Morgan fingerprint density at radius 1 is 0.864 bits per heavy atom. The number of benzene rings is 2. The fourth-order valence-corrected chi connectivity index (χ4v) is 2.16. The second-order valence-corrected chi connectivity index (χ2v) is 5.74. The van der Waals surface area contributed by atoms with Crippen LogP contribution in [0.4, 0.5) is 11.4 Å². The Hall–Kier alpha value is -2.33. The summed E-state index contributed by atoms with van der Waals surface area (Å²) < 4.78 is 0. The van der Waals surface area contributed by atoms with Crippen molar-refractivity contribution >= 4 is 34.8 Å². The van der Waals surface area contributed by atoms with E-state index in [4.69, 9.17) is 11.6 Å². The molecule has 2 aromatic rings. The zero-order chi connectivity index (χ0) is 15.5. The molecule has 0 heterocycles. The molecule has 0 aliphatic heterocycles. The average molecular weight is 315 g/mol. The molecule has 0 aromatic heterocycles. The fraction of sp³-hybridized carbons (Fsp3) is 0.176. The molecule has 0 atom stereocenters. The lowest BCUT2D eigenvalue weighted by Gasteiger charge is -2.07. The van der Waals surface area contributed by atoms with Gasteiger partial charge in [-0.15, -0.1) is 0 Å². The third-order valence-electron chi connectivity index (χ3n) is 3.46. The molecule has 2 amide bonds. The first-order valence-electron chi connectivity index (χ1n) is 7.10. The van der Waals surface area contributed by atoms with Crippen molar-refractivity contribution in [1.29, 1.82) is 0 Å². The molecule has 0 spiro atoms. The van der Waals surface area contributed by atoms with E-state index in [0.717, 1.165) is 12.8 Å². The fourth-order valence-electron chi connectivity index (χ4n) is 2.03. The van der Waals surface area contributed by atoms with Gasteiger partial charge in [0.25, 0.3) is 5.91 Å². The van der Waals surface area contributed by atoms with Crippen molar-refractivity contribution in [2.24, 2.45) is 5.92 Å². The van der Waals surface area contributed by atoms with Gasteiger partial charge in [-0.1, -0.05) is 11.6 Å². The highest BCUT2D eigenvalue weighted by molar-refractivity contribution is 6.30. The molecule has 0 unspecified atom stereocenters. The topological polar surface area (TPSA) is 58.2 Å². The van der Waals surface area contributed by atoms with E-state index in [-0.39, 0.29) is 17.7 Å². The Bertz CT molecular complexity index is 692. The van der Waals surface area contributed by atoms with Crippen LogP contribution < -0.4 is 10.6 Å². The number of amides is 2. The molecular formula is C17H15ClN2O2. The van der Waals surface area contributed by atoms with E-state index < -0.39 is 0 Å². The van der Waals surface area contributed by atoms with Gasteiger partial charge in [-0.2, -0.15) is 0 Å². The maximum atomic E-state index is 12.1. The van der Waals surface area contributed by atoms with Gasteiger partial charge in [-0.25, -0.2) is 0 Å². The summed E-state index contributed by atoms with van der Waals surface area (Å²) in [7, 11) is 0. The van der Waals surface area contributed by atoms with Gasteiger partial charge in [0.2, 0.25) is 5.91 Å². The summed E-state index contributed by atoms with van der Waals surface area (Å²) in [5.74, 6) is 0.00800. The van der Waals surface area contributed by atoms with Gasteiger partial charge in [-0.05, 0) is 61.4 Å². The van der Waals surface area contributed by atoms with Crippen molar-refractivity contribution in [3.63, 3.8) is 0 Å². The smallest absolute Gasteiger partial charge is 0.255 e. The van der Waals surface area contributed by atoms with Crippen LogP contribution in [0.15, 0.2) is 48.5 Å². The van der Waals surface area contributed by atoms with Gasteiger partial charge in [0.1, 0.15) is 0 Å². The van der Waals surface area contributed by atoms with Crippen molar-refractivity contribution < 1.29 is 9.59 Å². The molecule has 1 saturated carbocycles. The van der Waals surface area contributed by atoms with E-state index in [9.17, 15) is 9.59 Å². The Morgan fingerprint density at radius 2 is 1.41 bits per heavy atom. The summed E-state index contributed by atoms with van der Waals surface area (Å²) in [6.45, 7) is 0. The standard InChI is InChI=1S/C17H15ClN2O2/c18-13-5-9-15(10-6-13)20-17(22)12-3-7-14(8-4-12)19-16(21)11-1-2-11/h3-11H,1-2H2,(H,19,21)(H,20,22). The predicted molar refractivity (Wildman–Crippen MR) is 87.2 cm³/mol. The summed E-state index contributed by atoms with van der Waals surface area (Å²) in [6.07, 6.45) is 1.93. The van der Waals surface area contributed by atoms with Gasteiger partial charge in [0.05, 0.1) is 0 Å². The van der Waals surface area contributed by atoms with Crippen molar-refractivity contribution in [3.05, 3.63) is 59.1 Å². The number of hydrogen-bond acceptors (Lipinski definition) is 2. The minimum atomic E-state index is -0.206. The van der Waals surface area contributed by atoms with Crippen molar-refractivity contribution in [3.8, 4) is 0 Å². The largest absolute Gasteiger partial charge is 0.326 e. The number of carbonyl (C=O) groups excluding carboxylic acids is 2. The maximum Gasteiger partial charge on any atom is 0.255 e. The van der Waals surface area contributed by atoms with Crippen LogP contribution in [0.3, 0.4) is 0 Å². The van der Waals surface area contributed by atoms with Crippen LogP contribution in [-0.2, 0) is 4.79 Å². The Labute approximate surface area is 133 Å². The molecule has 0 saturated heterocycles. The normalized spacial score (nSPS) is 13.5. The molecule has 1 fully saturated rings. The molecule has 2 aromatic carbocycles. The SMILES string of the molecule is O=C(Nc1ccc(Cl)cc1)c1ccc(NC(=O)C2CC2)cc1. The predicted octanol–water partition coefficient (Wildman–Crippen LogP) is 3.94. The van der Waals surface area contributed by atoms with E-state index >= 15 is 0 Å². The molecule has 0 radical (unpaired) electrons. The van der Waals surface area contributed by atoms with Crippen molar-refractivity contribution in [1.82, 2.24) is 0 Å². The third kappa shape index (κ3) is 3.65. The molecule has 1 aliphatic rings. The van der Waals surface area contributed by atoms with Gasteiger partial charge < -0.3 is 10.6 Å². The molecule has 1 aliphatic carbocycles. The first kappa shape index (κ1) is 14.6. The minimum Gasteiger partial charge on any atom is -0.326 e. The first-order chi connectivity index (χ1) is 10.6. The summed E-state index contributed by atoms with van der Waals surface area (Å²) in [5.41, 5.74) is 1.92. The van der Waals surface area contributed by atoms with Gasteiger partial charge >= 0.3 is 0 Å². The van der Waals surface area contributed by atoms with Crippen LogP contribution in [0.1, 0.15) is 23.2 Å². The average Bonchev–Trinajstić information content (AvgIpc) is 3.35. The van der Waals surface area contributed by atoms with E-state index in [1.54, 1.807) is 48.5 Å². The first-order valence-corrected chi connectivity index (χ1v) is 7.47. The van der Waals surface area contributed by atoms with E-state index in [0.29, 0.717) is 22.0 Å². The zero-order valence-corrected chi connectivity index (χ0v) is 12.6. The highest BCUT2D eigenvalue weighted by Crippen LogP contribution is 2.30. The summed E-state index contributed by atoms with van der Waals surface area (Å²) in [4.78, 5) is 23.8. The van der Waals surface area contributed by atoms with Crippen LogP contribution in [-0.4, -0.2) is 11.8 Å². The number of carbonyl (C=O) groups is 2. The van der Waals surface area contributed by atoms with E-state index in [2.05, 4.69) is 10.6 Å². The van der Waals surface area contributed by atoms with Crippen LogP contribution >= 0.6 is 11.6 Å². The Kier molecular flexibility index (Phi) is 4.11. The quantitative estimate of drug-likeness (QED) is 0.898. The highest BCUT2D eigenvalue weighted by Gasteiger charge is 2.29. The molecule has 4 nitrogen and oxygen atoms in total. The van der Waals surface area contributed by atoms with Gasteiger partial charge in [0.15, 0.2) is 0 Å². The molecular weight excluding hydrogens is 300 g/mol. The Balaban J connectivity index is 1.62. The van der Waals surface area contributed by atoms with E-state index in [1.165, 1.54) is 0 Å². The molecule has 3 rings (SSSR count). The lowest BCUT2D eigenvalue weighted by Crippen LogP contribution is -2.14. The van der Waals surface area contributed by atoms with Gasteiger partial charge in [0, 0.05) is 27.9 Å². The van der Waals surface area contributed by atoms with Crippen LogP contribution in [0, 0.1) is 5.92 Å². The third-order valence-corrected chi connectivity index (χ3v) is 3.72. The minimum absolute atomic E-state index is 0.0540. The van der Waals surface area contributed by atoms with Crippen LogP contribution in [0.5, 0.6) is 0 Å². The number of nitrogens with one attached hydrogen (secondary N) is 2. The number of hydrogen-bond donors (Lipinski definition) is 2. The van der Waals surface area contributed by atoms with Crippen molar-refractivity contribution in [2.45, 2.75) is 12.8 Å². The summed E-state index contributed by atoms with van der Waals surface area (Å²) >= 11 is 5.80. The lowest BCUT2D eigenvalue weighted by molar-refractivity contribution is -0.117. The second kappa shape index (κ2) is 6.20. The number of rotatable bonds is 4. The zero-order valence-electron chi connectivity index (χ0n) is 11.8.